The van der Waals surface area contributed by atoms with Crippen molar-refractivity contribution in [3.05, 3.63) is 65.4 Å². The van der Waals surface area contributed by atoms with Gasteiger partial charge in [-0.25, -0.2) is 0 Å². The van der Waals surface area contributed by atoms with Crippen molar-refractivity contribution in [3.63, 3.8) is 0 Å². The van der Waals surface area contributed by atoms with Gasteiger partial charge in [-0.1, -0.05) is 24.1 Å². The van der Waals surface area contributed by atoms with Crippen LogP contribution in [0.1, 0.15) is 49.9 Å². The summed E-state index contributed by atoms with van der Waals surface area (Å²) in [4.78, 5) is 19.4. The highest BCUT2D eigenvalue weighted by atomic mass is 19.4. The van der Waals surface area contributed by atoms with E-state index in [1.54, 1.807) is 12.1 Å². The van der Waals surface area contributed by atoms with E-state index < -0.39 is 18.1 Å². The van der Waals surface area contributed by atoms with Gasteiger partial charge in [0.1, 0.15) is 6.54 Å². The maximum atomic E-state index is 13.6. The summed E-state index contributed by atoms with van der Waals surface area (Å²) >= 11 is 0. The number of nitrogens with zero attached hydrogens (tertiary/aromatic N) is 5. The summed E-state index contributed by atoms with van der Waals surface area (Å²) in [7, 11) is 4.18. The normalized spacial score (nSPS) is 17.8. The molecule has 48 heavy (non-hydrogen) atoms. The van der Waals surface area contributed by atoms with Crippen molar-refractivity contribution in [3.8, 4) is 17.9 Å². The van der Waals surface area contributed by atoms with Gasteiger partial charge in [-0.05, 0) is 94.6 Å². The number of likely N-dealkylation sites (tertiary alicyclic amines) is 2. The first-order valence-corrected chi connectivity index (χ1v) is 16.6. The molecular formula is C37H46F3N7O. The monoisotopic (exact) mass is 661 g/mol. The molecule has 1 amide bonds. The number of nitriles is 1. The van der Waals surface area contributed by atoms with E-state index in [0.717, 1.165) is 62.3 Å². The largest absolute Gasteiger partial charge is 0.406 e. The Hall–Kier alpha value is -4.03. The quantitative estimate of drug-likeness (QED) is 0.292. The van der Waals surface area contributed by atoms with Gasteiger partial charge in [0.25, 0.3) is 0 Å². The van der Waals surface area contributed by atoms with E-state index in [9.17, 15) is 23.2 Å². The third kappa shape index (κ3) is 9.10. The zero-order chi connectivity index (χ0) is 34.5. The van der Waals surface area contributed by atoms with E-state index >= 15 is 0 Å². The fourth-order valence-electron chi connectivity index (χ4n) is 6.50. The molecule has 11 heteroatoms. The molecule has 1 unspecified atom stereocenters. The molecular weight excluding hydrogens is 615 g/mol. The fourth-order valence-corrected chi connectivity index (χ4v) is 6.50. The molecule has 0 aliphatic carbocycles. The van der Waals surface area contributed by atoms with Crippen LogP contribution in [0.4, 0.5) is 18.9 Å². The highest BCUT2D eigenvalue weighted by Crippen LogP contribution is 2.27. The molecule has 1 atom stereocenters. The van der Waals surface area contributed by atoms with Crippen molar-refractivity contribution in [2.24, 2.45) is 0 Å². The maximum absolute atomic E-state index is 13.6. The molecule has 2 N–H and O–H groups in total. The second-order valence-corrected chi connectivity index (χ2v) is 13.8. The highest BCUT2D eigenvalue weighted by molar-refractivity contribution is 5.83. The second-order valence-electron chi connectivity index (χ2n) is 13.8. The number of piperidine rings is 1. The lowest BCUT2D eigenvalue weighted by atomic mass is 9.86. The van der Waals surface area contributed by atoms with Crippen molar-refractivity contribution >= 4 is 22.5 Å². The molecule has 0 radical (unpaired) electrons. The first kappa shape index (κ1) is 35.3. The van der Waals surface area contributed by atoms with Gasteiger partial charge in [0.2, 0.25) is 5.91 Å². The van der Waals surface area contributed by atoms with Gasteiger partial charge in [-0.15, -0.1) is 0 Å². The van der Waals surface area contributed by atoms with Crippen LogP contribution in [-0.2, 0) is 23.3 Å². The first-order chi connectivity index (χ1) is 22.8. The number of carbonyl (C=O) groups is 1. The Bertz CT molecular complexity index is 1670. The summed E-state index contributed by atoms with van der Waals surface area (Å²) in [6, 6.07) is 17.8. The van der Waals surface area contributed by atoms with E-state index in [0.29, 0.717) is 35.7 Å². The van der Waals surface area contributed by atoms with Crippen molar-refractivity contribution < 1.29 is 18.0 Å². The highest BCUT2D eigenvalue weighted by Gasteiger charge is 2.30. The minimum atomic E-state index is -4.39. The van der Waals surface area contributed by atoms with Crippen molar-refractivity contribution in [1.29, 1.82) is 5.26 Å². The molecule has 5 rings (SSSR count). The van der Waals surface area contributed by atoms with Crippen LogP contribution in [0.2, 0.25) is 0 Å². The predicted octanol–water partition coefficient (Wildman–Crippen LogP) is 5.18. The molecule has 2 aliphatic heterocycles. The Morgan fingerprint density at radius 2 is 1.75 bits per heavy atom. The molecule has 0 saturated carbocycles. The van der Waals surface area contributed by atoms with E-state index in [-0.39, 0.29) is 18.5 Å². The number of alkyl halides is 3. The maximum Gasteiger partial charge on any atom is 0.406 e. The molecule has 0 spiro atoms. The summed E-state index contributed by atoms with van der Waals surface area (Å²) in [6.45, 7) is 7.26. The molecule has 8 nitrogen and oxygen atoms in total. The van der Waals surface area contributed by atoms with Crippen LogP contribution in [0.5, 0.6) is 0 Å². The molecule has 1 aromatic heterocycles. The summed E-state index contributed by atoms with van der Waals surface area (Å²) in [5.74, 6) is 6.11. The standard InChI is InChI=1S/C37H46F3N7O/c1-36(2,25-41)29-8-10-30(11-9-29)42-16-5-6-32-21-28-20-27(7-12-34(28)47(32)26-37(38,39)40)22-43-31-13-18-46(19-14-31)35(48)24-45-17-15-33(23-45)44(3)4/h7-12,20-21,31,33,42-43H,13-19,22-24,26H2,1-4H3. The summed E-state index contributed by atoms with van der Waals surface area (Å²) < 4.78 is 41.9. The van der Waals surface area contributed by atoms with Gasteiger partial charge in [0.05, 0.1) is 30.3 Å². The molecule has 256 valence electrons. The Labute approximate surface area is 281 Å². The Morgan fingerprint density at radius 3 is 2.40 bits per heavy atom. The van der Waals surface area contributed by atoms with Crippen molar-refractivity contribution in [2.45, 2.75) is 69.9 Å². The Balaban J connectivity index is 1.16. The van der Waals surface area contributed by atoms with Crippen LogP contribution in [0, 0.1) is 23.2 Å². The number of hydrogen-bond donors (Lipinski definition) is 2. The van der Waals surface area contributed by atoms with E-state index in [4.69, 9.17) is 0 Å². The van der Waals surface area contributed by atoms with Gasteiger partial charge < -0.3 is 25.0 Å². The number of anilines is 1. The zero-order valence-corrected chi connectivity index (χ0v) is 28.3. The molecule has 3 aromatic rings. The average Bonchev–Trinajstić information content (AvgIpc) is 3.66. The van der Waals surface area contributed by atoms with Gasteiger partial charge in [-0.2, -0.15) is 18.4 Å². The van der Waals surface area contributed by atoms with Gasteiger partial charge in [-0.3, -0.25) is 9.69 Å². The minimum absolute atomic E-state index is 0.200. The number of fused-ring (bicyclic) bond motifs is 1. The SMILES string of the molecule is CN(C)C1CCN(CC(=O)N2CCC(NCc3ccc4c(c3)cc(C#CCNc3ccc(C(C)(C)C#N)cc3)n4CC(F)(F)F)CC2)C1. The van der Waals surface area contributed by atoms with Crippen LogP contribution in [0.25, 0.3) is 10.9 Å². The number of likely N-dealkylation sites (N-methyl/N-ethyl adjacent to an activating group) is 1. The number of nitrogens with one attached hydrogen (secondary N) is 2. The Morgan fingerprint density at radius 1 is 1.02 bits per heavy atom. The van der Waals surface area contributed by atoms with Gasteiger partial charge >= 0.3 is 6.18 Å². The lowest BCUT2D eigenvalue weighted by Gasteiger charge is -2.33. The van der Waals surface area contributed by atoms with Crippen LogP contribution in [-0.4, -0.2) is 96.8 Å². The van der Waals surface area contributed by atoms with E-state index in [2.05, 4.69) is 52.4 Å². The molecule has 2 aromatic carbocycles. The third-order valence-corrected chi connectivity index (χ3v) is 9.57. The Kier molecular flexibility index (Phi) is 11.0. The molecule has 0 bridgehead atoms. The summed E-state index contributed by atoms with van der Waals surface area (Å²) in [5.41, 5.74) is 2.90. The summed E-state index contributed by atoms with van der Waals surface area (Å²) in [5, 5.41) is 16.8. The van der Waals surface area contributed by atoms with Gasteiger partial charge in [0.15, 0.2) is 0 Å². The van der Waals surface area contributed by atoms with Crippen molar-refractivity contribution in [1.82, 2.24) is 24.6 Å². The molecule has 2 fully saturated rings. The van der Waals surface area contributed by atoms with Crippen LogP contribution >= 0.6 is 0 Å². The number of benzene rings is 2. The number of carbonyl (C=O) groups excluding carboxylic acids is 1. The molecule has 2 aliphatic rings. The number of aromatic nitrogens is 1. The lowest BCUT2D eigenvalue weighted by molar-refractivity contribution is -0.140. The van der Waals surface area contributed by atoms with E-state index in [1.807, 2.05) is 55.1 Å². The van der Waals surface area contributed by atoms with E-state index in [1.165, 1.54) is 4.57 Å². The third-order valence-electron chi connectivity index (χ3n) is 9.57. The minimum Gasteiger partial charge on any atom is -0.374 e. The smallest absolute Gasteiger partial charge is 0.374 e. The zero-order valence-electron chi connectivity index (χ0n) is 28.3. The summed E-state index contributed by atoms with van der Waals surface area (Å²) in [6.07, 6.45) is -1.56. The second kappa shape index (κ2) is 15.0. The van der Waals surface area contributed by atoms with Crippen molar-refractivity contribution in [2.75, 3.05) is 58.7 Å². The fraction of sp³-hybridized carbons (Fsp3) is 0.514. The van der Waals surface area contributed by atoms with Crippen LogP contribution < -0.4 is 10.6 Å². The lowest BCUT2D eigenvalue weighted by Crippen LogP contribution is -2.47. The number of hydrogen-bond acceptors (Lipinski definition) is 6. The van der Waals surface area contributed by atoms with Gasteiger partial charge in [0, 0.05) is 61.4 Å². The molecule has 2 saturated heterocycles. The van der Waals surface area contributed by atoms with Crippen LogP contribution in [0.15, 0.2) is 48.5 Å². The number of rotatable bonds is 10. The van der Waals surface area contributed by atoms with Crippen LogP contribution in [0.3, 0.4) is 0 Å². The average molecular weight is 662 g/mol. The topological polar surface area (TPSA) is 79.6 Å². The first-order valence-electron chi connectivity index (χ1n) is 16.6. The predicted molar refractivity (Wildman–Crippen MR) is 183 cm³/mol. The molecule has 3 heterocycles. The number of halogens is 3. The number of amides is 1.